The molecule has 0 amide bonds. The molecule has 0 spiro atoms. The number of nitrogens with zero attached hydrogens (tertiary/aromatic N) is 1. The molecule has 0 saturated carbocycles. The van der Waals surface area contributed by atoms with Crippen LogP contribution in [0.5, 0.6) is 0 Å². The summed E-state index contributed by atoms with van der Waals surface area (Å²) in [6, 6.07) is 17.5. The van der Waals surface area contributed by atoms with E-state index in [-0.39, 0.29) is 11.9 Å². The first-order valence-electron chi connectivity index (χ1n) is 7.69. The minimum Gasteiger partial charge on any atom is -0.466 e. The summed E-state index contributed by atoms with van der Waals surface area (Å²) >= 11 is 5.97. The van der Waals surface area contributed by atoms with Crippen LogP contribution >= 0.6 is 11.6 Å². The van der Waals surface area contributed by atoms with Crippen molar-refractivity contribution in [2.45, 2.75) is 12.8 Å². The number of esters is 1. The lowest BCUT2D eigenvalue weighted by atomic mass is 9.87. The number of rotatable bonds is 3. The van der Waals surface area contributed by atoms with Crippen molar-refractivity contribution in [1.82, 2.24) is 0 Å². The Balaban J connectivity index is 2.06. The molecular formula is C20H18ClNO2. The third kappa shape index (κ3) is 3.08. The molecule has 0 radical (unpaired) electrons. The van der Waals surface area contributed by atoms with E-state index in [1.54, 1.807) is 0 Å². The molecule has 0 aliphatic carbocycles. The maximum atomic E-state index is 12.4. The first kappa shape index (κ1) is 16.3. The lowest BCUT2D eigenvalue weighted by Gasteiger charge is -2.31. The normalized spacial score (nSPS) is 17.1. The number of hydrogen-bond acceptors (Lipinski definition) is 3. The van der Waals surface area contributed by atoms with Crippen LogP contribution in [0.25, 0.3) is 0 Å². The Morgan fingerprint density at radius 3 is 2.38 bits per heavy atom. The van der Waals surface area contributed by atoms with Gasteiger partial charge >= 0.3 is 5.97 Å². The van der Waals surface area contributed by atoms with Crippen molar-refractivity contribution >= 4 is 23.3 Å². The van der Waals surface area contributed by atoms with Crippen molar-refractivity contribution in [3.63, 3.8) is 0 Å². The molecule has 1 heterocycles. The average Bonchev–Trinajstić information content (AvgIpc) is 2.62. The first-order chi connectivity index (χ1) is 11.6. The van der Waals surface area contributed by atoms with Gasteiger partial charge in [-0.2, -0.15) is 0 Å². The Kier molecular flexibility index (Phi) is 4.72. The van der Waals surface area contributed by atoms with E-state index in [0.29, 0.717) is 10.6 Å². The minimum atomic E-state index is -0.315. The van der Waals surface area contributed by atoms with Crippen molar-refractivity contribution in [3.05, 3.63) is 88.7 Å². The second-order valence-electron chi connectivity index (χ2n) is 5.57. The quantitative estimate of drug-likeness (QED) is 0.744. The number of anilines is 1. The van der Waals surface area contributed by atoms with Crippen LogP contribution < -0.4 is 4.90 Å². The maximum absolute atomic E-state index is 12.4. The molecule has 0 fully saturated rings. The van der Waals surface area contributed by atoms with Crippen LogP contribution in [0, 0.1) is 0 Å². The Morgan fingerprint density at radius 2 is 1.75 bits per heavy atom. The molecular weight excluding hydrogens is 322 g/mol. The van der Waals surface area contributed by atoms with Crippen molar-refractivity contribution in [3.8, 4) is 0 Å². The molecule has 0 saturated heterocycles. The van der Waals surface area contributed by atoms with Gasteiger partial charge in [-0.3, -0.25) is 0 Å². The molecule has 0 aromatic heterocycles. The second-order valence-corrected chi connectivity index (χ2v) is 6.00. The number of halogens is 1. The van der Waals surface area contributed by atoms with Crippen LogP contribution in [0.3, 0.4) is 0 Å². The predicted molar refractivity (Wildman–Crippen MR) is 97.0 cm³/mol. The van der Waals surface area contributed by atoms with Crippen molar-refractivity contribution < 1.29 is 9.53 Å². The number of carbonyl (C=O) groups is 1. The van der Waals surface area contributed by atoms with Gasteiger partial charge < -0.3 is 9.64 Å². The number of hydrogen-bond donors (Lipinski definition) is 0. The van der Waals surface area contributed by atoms with E-state index in [1.807, 2.05) is 78.7 Å². The summed E-state index contributed by atoms with van der Waals surface area (Å²) in [4.78, 5) is 14.4. The molecule has 24 heavy (non-hydrogen) atoms. The van der Waals surface area contributed by atoms with Crippen molar-refractivity contribution in [2.75, 3.05) is 12.0 Å². The van der Waals surface area contributed by atoms with Gasteiger partial charge in [0, 0.05) is 28.5 Å². The molecule has 3 nitrogen and oxygen atoms in total. The standard InChI is InChI=1S/C20H18ClNO2/c1-14-19(20(23)24-2)18(15-6-4-3-5-7-15)12-13-22(14)17-10-8-16(21)9-11-17/h3-13,18H,1-2H3. The SMILES string of the molecule is COC(=O)C1=C(C)N(c2ccc(Cl)cc2)C=CC1c1ccccc1. The van der Waals surface area contributed by atoms with Crippen LogP contribution in [0.2, 0.25) is 5.02 Å². The lowest BCUT2D eigenvalue weighted by molar-refractivity contribution is -0.136. The first-order valence-corrected chi connectivity index (χ1v) is 8.06. The highest BCUT2D eigenvalue weighted by molar-refractivity contribution is 6.30. The van der Waals surface area contributed by atoms with Gasteiger partial charge in [0.05, 0.1) is 12.7 Å². The Labute approximate surface area is 146 Å². The van der Waals surface area contributed by atoms with Crippen molar-refractivity contribution in [2.24, 2.45) is 0 Å². The molecule has 2 aromatic rings. The van der Waals surface area contributed by atoms with Crippen LogP contribution in [0.1, 0.15) is 18.4 Å². The monoisotopic (exact) mass is 339 g/mol. The van der Waals surface area contributed by atoms with Crippen LogP contribution in [0.15, 0.2) is 78.1 Å². The lowest BCUT2D eigenvalue weighted by Crippen LogP contribution is -2.26. The third-order valence-corrected chi connectivity index (χ3v) is 4.41. The van der Waals surface area contributed by atoms with Crippen LogP contribution in [0.4, 0.5) is 5.69 Å². The van der Waals surface area contributed by atoms with E-state index in [1.165, 1.54) is 7.11 Å². The van der Waals surface area contributed by atoms with Gasteiger partial charge in [-0.25, -0.2) is 4.79 Å². The molecule has 4 heteroatoms. The molecule has 1 aliphatic heterocycles. The number of methoxy groups -OCH3 is 1. The van der Waals surface area contributed by atoms with Crippen LogP contribution in [-0.2, 0) is 9.53 Å². The van der Waals surface area contributed by atoms with Crippen LogP contribution in [-0.4, -0.2) is 13.1 Å². The maximum Gasteiger partial charge on any atom is 0.336 e. The van der Waals surface area contributed by atoms with Gasteiger partial charge in [-0.15, -0.1) is 0 Å². The van der Waals surface area contributed by atoms with E-state index in [9.17, 15) is 4.79 Å². The zero-order valence-corrected chi connectivity index (χ0v) is 14.3. The van der Waals surface area contributed by atoms with E-state index in [4.69, 9.17) is 16.3 Å². The summed E-state index contributed by atoms with van der Waals surface area (Å²) in [5, 5.41) is 0.678. The highest BCUT2D eigenvalue weighted by Crippen LogP contribution is 2.36. The third-order valence-electron chi connectivity index (χ3n) is 4.16. The molecule has 1 aliphatic rings. The number of benzene rings is 2. The molecule has 122 valence electrons. The largest absolute Gasteiger partial charge is 0.466 e. The molecule has 1 unspecified atom stereocenters. The summed E-state index contributed by atoms with van der Waals surface area (Å²) in [5.74, 6) is -0.438. The topological polar surface area (TPSA) is 29.5 Å². The highest BCUT2D eigenvalue weighted by Gasteiger charge is 2.29. The summed E-state index contributed by atoms with van der Waals surface area (Å²) < 4.78 is 5.04. The highest BCUT2D eigenvalue weighted by atomic mass is 35.5. The predicted octanol–water partition coefficient (Wildman–Crippen LogP) is 4.90. The number of carbonyl (C=O) groups excluding carboxylic acids is 1. The molecule has 2 aromatic carbocycles. The van der Waals surface area contributed by atoms with Gasteiger partial charge in [-0.05, 0) is 36.8 Å². The van der Waals surface area contributed by atoms with Gasteiger partial charge in [-0.1, -0.05) is 48.0 Å². The van der Waals surface area contributed by atoms with Gasteiger partial charge in [0.2, 0.25) is 0 Å². The van der Waals surface area contributed by atoms with Gasteiger partial charge in [0.15, 0.2) is 0 Å². The molecule has 0 N–H and O–H groups in total. The van der Waals surface area contributed by atoms with E-state index in [2.05, 4.69) is 0 Å². The smallest absolute Gasteiger partial charge is 0.336 e. The zero-order chi connectivity index (χ0) is 17.1. The summed E-state index contributed by atoms with van der Waals surface area (Å²) in [6.45, 7) is 1.93. The minimum absolute atomic E-state index is 0.123. The fourth-order valence-electron chi connectivity index (χ4n) is 2.94. The van der Waals surface area contributed by atoms with Crippen molar-refractivity contribution in [1.29, 1.82) is 0 Å². The van der Waals surface area contributed by atoms with Gasteiger partial charge in [0.25, 0.3) is 0 Å². The number of ether oxygens (including phenoxy) is 1. The Hall–Kier alpha value is -2.52. The molecule has 0 bridgehead atoms. The fourth-order valence-corrected chi connectivity index (χ4v) is 3.07. The van der Waals surface area contributed by atoms with E-state index >= 15 is 0 Å². The summed E-state index contributed by atoms with van der Waals surface area (Å²) in [7, 11) is 1.41. The van der Waals surface area contributed by atoms with E-state index in [0.717, 1.165) is 16.9 Å². The summed E-state index contributed by atoms with van der Waals surface area (Å²) in [5.41, 5.74) is 3.49. The molecule has 1 atom stereocenters. The number of allylic oxidation sites excluding steroid dienone is 2. The molecule has 3 rings (SSSR count). The Morgan fingerprint density at radius 1 is 1.08 bits per heavy atom. The zero-order valence-electron chi connectivity index (χ0n) is 13.6. The summed E-state index contributed by atoms with van der Waals surface area (Å²) in [6.07, 6.45) is 4.01. The van der Waals surface area contributed by atoms with Gasteiger partial charge in [0.1, 0.15) is 0 Å². The van der Waals surface area contributed by atoms with E-state index < -0.39 is 0 Å². The fraction of sp³-hybridized carbons (Fsp3) is 0.150. The average molecular weight is 340 g/mol. The Bertz CT molecular complexity index is 794. The second kappa shape index (κ2) is 6.93.